The van der Waals surface area contributed by atoms with Gasteiger partial charge in [0, 0.05) is 23.1 Å². The molecule has 6 heteroatoms. The molecular weight excluding hydrogens is 286 g/mol. The van der Waals surface area contributed by atoms with E-state index in [4.69, 9.17) is 16.3 Å². The van der Waals surface area contributed by atoms with Crippen LogP contribution < -0.4 is 10.1 Å². The summed E-state index contributed by atoms with van der Waals surface area (Å²) in [6.07, 6.45) is 2.64. The number of likely N-dealkylation sites (N-methyl/N-ethyl adjacent to an activating group) is 1. The van der Waals surface area contributed by atoms with Crippen LogP contribution in [-0.2, 0) is 9.84 Å². The van der Waals surface area contributed by atoms with Gasteiger partial charge in [-0.3, -0.25) is 0 Å². The molecule has 0 heterocycles. The summed E-state index contributed by atoms with van der Waals surface area (Å²) in [5, 5.41) is 3.76. The van der Waals surface area contributed by atoms with E-state index in [1.165, 1.54) is 6.26 Å². The Morgan fingerprint density at radius 3 is 2.74 bits per heavy atom. The van der Waals surface area contributed by atoms with Crippen LogP contribution in [0.2, 0.25) is 5.02 Å². The van der Waals surface area contributed by atoms with Gasteiger partial charge in [0.15, 0.2) is 0 Å². The smallest absolute Gasteiger partial charge is 0.147 e. The Bertz CT molecular complexity index is 490. The van der Waals surface area contributed by atoms with Crippen LogP contribution in [0.5, 0.6) is 5.75 Å². The van der Waals surface area contributed by atoms with Crippen molar-refractivity contribution in [2.75, 3.05) is 25.7 Å². The van der Waals surface area contributed by atoms with E-state index in [0.717, 1.165) is 12.2 Å². The lowest BCUT2D eigenvalue weighted by molar-refractivity contribution is 0.263. The van der Waals surface area contributed by atoms with E-state index >= 15 is 0 Å². The van der Waals surface area contributed by atoms with E-state index < -0.39 is 9.84 Å². The average Bonchev–Trinajstić information content (AvgIpc) is 2.32. The second-order valence-electron chi connectivity index (χ2n) is 4.53. The van der Waals surface area contributed by atoms with Crippen molar-refractivity contribution in [2.24, 2.45) is 0 Å². The Morgan fingerprint density at radius 2 is 2.16 bits per heavy atom. The largest absolute Gasteiger partial charge is 0.492 e. The predicted octanol–water partition coefficient (Wildman–Crippen LogP) is 2.13. The average molecular weight is 306 g/mol. The molecule has 1 aromatic carbocycles. The molecule has 0 spiro atoms. The first kappa shape index (κ1) is 16.3. The molecule has 4 nitrogen and oxygen atoms in total. The van der Waals surface area contributed by atoms with Crippen LogP contribution in [0.4, 0.5) is 0 Å². The van der Waals surface area contributed by atoms with E-state index in [1.807, 2.05) is 19.2 Å². The van der Waals surface area contributed by atoms with E-state index in [2.05, 4.69) is 5.32 Å². The van der Waals surface area contributed by atoms with Gasteiger partial charge in [0.2, 0.25) is 0 Å². The number of nitrogens with one attached hydrogen (secondary N) is 1. The number of hydrogen-bond donors (Lipinski definition) is 1. The Hall–Kier alpha value is -0.780. The molecule has 0 aliphatic rings. The first-order valence-corrected chi connectivity index (χ1v) is 8.58. The van der Waals surface area contributed by atoms with Gasteiger partial charge in [-0.15, -0.1) is 0 Å². The predicted molar refractivity (Wildman–Crippen MR) is 78.7 cm³/mol. The quantitative estimate of drug-likeness (QED) is 0.799. The van der Waals surface area contributed by atoms with Crippen LogP contribution in [0.15, 0.2) is 24.3 Å². The molecule has 0 aromatic heterocycles. The maximum absolute atomic E-state index is 11.1. The Morgan fingerprint density at radius 1 is 1.42 bits per heavy atom. The van der Waals surface area contributed by atoms with Crippen molar-refractivity contribution >= 4 is 21.4 Å². The molecule has 1 aromatic rings. The third-order valence-corrected chi connectivity index (χ3v) is 3.99. The molecule has 1 N–H and O–H groups in total. The Balaban J connectivity index is 2.36. The van der Waals surface area contributed by atoms with Gasteiger partial charge in [-0.25, -0.2) is 8.42 Å². The lowest BCUT2D eigenvalue weighted by atomic mass is 10.2. The van der Waals surface area contributed by atoms with Gasteiger partial charge < -0.3 is 10.1 Å². The summed E-state index contributed by atoms with van der Waals surface area (Å²) >= 11 is 5.87. The summed E-state index contributed by atoms with van der Waals surface area (Å²) in [7, 11) is -1.05. The highest BCUT2D eigenvalue weighted by Gasteiger charge is 2.09. The molecule has 0 fully saturated rings. The van der Waals surface area contributed by atoms with Crippen molar-refractivity contribution in [1.82, 2.24) is 5.32 Å². The van der Waals surface area contributed by atoms with Crippen LogP contribution in [-0.4, -0.2) is 40.1 Å². The fourth-order valence-corrected chi connectivity index (χ4v) is 2.53. The summed E-state index contributed by atoms with van der Waals surface area (Å²) in [5.74, 6) is 0.929. The van der Waals surface area contributed by atoms with E-state index in [1.54, 1.807) is 12.1 Å². The lowest BCUT2D eigenvalue weighted by Gasteiger charge is -2.16. The second kappa shape index (κ2) is 7.72. The summed E-state index contributed by atoms with van der Waals surface area (Å²) in [6.45, 7) is 0.487. The molecule has 0 aliphatic carbocycles. The highest BCUT2D eigenvalue weighted by molar-refractivity contribution is 7.90. The summed E-state index contributed by atoms with van der Waals surface area (Å²) in [4.78, 5) is 0. The minimum Gasteiger partial charge on any atom is -0.492 e. The van der Waals surface area contributed by atoms with Crippen molar-refractivity contribution in [1.29, 1.82) is 0 Å². The maximum Gasteiger partial charge on any atom is 0.147 e. The zero-order valence-corrected chi connectivity index (χ0v) is 12.8. The number of rotatable bonds is 8. The first-order chi connectivity index (χ1) is 8.90. The van der Waals surface area contributed by atoms with Crippen LogP contribution in [0.3, 0.4) is 0 Å². The zero-order valence-electron chi connectivity index (χ0n) is 11.2. The molecule has 0 saturated heterocycles. The molecule has 0 saturated carbocycles. The molecule has 0 radical (unpaired) electrons. The fraction of sp³-hybridized carbons (Fsp3) is 0.538. The molecule has 19 heavy (non-hydrogen) atoms. The highest BCUT2D eigenvalue weighted by Crippen LogP contribution is 2.17. The van der Waals surface area contributed by atoms with Crippen molar-refractivity contribution < 1.29 is 13.2 Å². The summed E-state index contributed by atoms with van der Waals surface area (Å²) < 4.78 is 27.7. The van der Waals surface area contributed by atoms with E-state index in [9.17, 15) is 8.42 Å². The van der Waals surface area contributed by atoms with Crippen molar-refractivity contribution in [3.63, 3.8) is 0 Å². The molecule has 1 rings (SSSR count). The van der Waals surface area contributed by atoms with Gasteiger partial charge in [0.1, 0.15) is 22.2 Å². The van der Waals surface area contributed by atoms with Crippen LogP contribution >= 0.6 is 11.6 Å². The molecule has 0 aliphatic heterocycles. The van der Waals surface area contributed by atoms with Gasteiger partial charge in [-0.2, -0.15) is 0 Å². The topological polar surface area (TPSA) is 55.4 Å². The monoisotopic (exact) mass is 305 g/mol. The highest BCUT2D eigenvalue weighted by atomic mass is 35.5. The Labute approximate surface area is 120 Å². The van der Waals surface area contributed by atoms with Gasteiger partial charge in [0.25, 0.3) is 0 Å². The van der Waals surface area contributed by atoms with E-state index in [-0.39, 0.29) is 11.8 Å². The van der Waals surface area contributed by atoms with Crippen LogP contribution in [0.25, 0.3) is 0 Å². The molecular formula is C13H20ClNO3S. The lowest BCUT2D eigenvalue weighted by Crippen LogP contribution is -2.32. The van der Waals surface area contributed by atoms with Gasteiger partial charge in [-0.05, 0) is 38.1 Å². The third kappa shape index (κ3) is 7.40. The standard InChI is InChI=1S/C13H20ClNO3S/c1-15-12(6-4-8-19(2,16)17)10-18-13-7-3-5-11(14)9-13/h3,5,7,9,12,15H,4,6,8,10H2,1-2H3. The zero-order chi connectivity index (χ0) is 14.3. The van der Waals surface area contributed by atoms with E-state index in [0.29, 0.717) is 18.1 Å². The minimum atomic E-state index is -2.89. The second-order valence-corrected chi connectivity index (χ2v) is 7.22. The first-order valence-electron chi connectivity index (χ1n) is 6.14. The third-order valence-electron chi connectivity index (χ3n) is 2.72. The van der Waals surface area contributed by atoms with Crippen LogP contribution in [0.1, 0.15) is 12.8 Å². The molecule has 0 amide bonds. The fourth-order valence-electron chi connectivity index (χ4n) is 1.66. The molecule has 0 bridgehead atoms. The van der Waals surface area contributed by atoms with Gasteiger partial charge in [0.05, 0.1) is 0 Å². The molecule has 1 unspecified atom stereocenters. The SMILES string of the molecule is CNC(CCCS(C)(=O)=O)COc1cccc(Cl)c1. The summed E-state index contributed by atoms with van der Waals surface area (Å²) in [6, 6.07) is 7.34. The summed E-state index contributed by atoms with van der Waals surface area (Å²) in [5.41, 5.74) is 0. The number of benzene rings is 1. The van der Waals surface area contributed by atoms with Crippen LogP contribution in [0, 0.1) is 0 Å². The molecule has 108 valence electrons. The minimum absolute atomic E-state index is 0.126. The van der Waals surface area contributed by atoms with Gasteiger partial charge in [-0.1, -0.05) is 17.7 Å². The number of hydrogen-bond acceptors (Lipinski definition) is 4. The Kier molecular flexibility index (Phi) is 6.62. The van der Waals surface area contributed by atoms with Crippen molar-refractivity contribution in [2.45, 2.75) is 18.9 Å². The van der Waals surface area contributed by atoms with Crippen molar-refractivity contribution in [3.8, 4) is 5.75 Å². The number of ether oxygens (including phenoxy) is 1. The molecule has 1 atom stereocenters. The van der Waals surface area contributed by atoms with Crippen molar-refractivity contribution in [3.05, 3.63) is 29.3 Å². The number of halogens is 1. The maximum atomic E-state index is 11.1. The van der Waals surface area contributed by atoms with Gasteiger partial charge >= 0.3 is 0 Å². The normalized spacial score (nSPS) is 13.2. The number of sulfone groups is 1.